The molecule has 2 unspecified atom stereocenters. The topological polar surface area (TPSA) is 66.4 Å². The van der Waals surface area contributed by atoms with Crippen molar-refractivity contribution in [3.8, 4) is 0 Å². The molecule has 0 aliphatic heterocycles. The van der Waals surface area contributed by atoms with Gasteiger partial charge in [0.25, 0.3) is 0 Å². The first kappa shape index (κ1) is 17.9. The van der Waals surface area contributed by atoms with Crippen LogP contribution in [0.5, 0.6) is 0 Å². The van der Waals surface area contributed by atoms with E-state index in [2.05, 4.69) is 4.72 Å². The Kier molecular flexibility index (Phi) is 5.40. The van der Waals surface area contributed by atoms with Crippen LogP contribution >= 0.6 is 0 Å². The highest BCUT2D eigenvalue weighted by Crippen LogP contribution is 2.33. The van der Waals surface area contributed by atoms with Crippen LogP contribution in [0.2, 0.25) is 0 Å². The monoisotopic (exact) mass is 325 g/mol. The zero-order chi connectivity index (χ0) is 16.4. The second kappa shape index (κ2) is 6.33. The summed E-state index contributed by atoms with van der Waals surface area (Å²) in [7, 11) is -4.08. The van der Waals surface area contributed by atoms with Gasteiger partial charge in [-0.1, -0.05) is 13.0 Å². The van der Waals surface area contributed by atoms with Crippen molar-refractivity contribution in [3.05, 3.63) is 29.3 Å². The average Bonchev–Trinajstić information content (AvgIpc) is 2.35. The van der Waals surface area contributed by atoms with Crippen molar-refractivity contribution in [1.82, 2.24) is 4.72 Å². The predicted octanol–water partition coefficient (Wildman–Crippen LogP) is 2.31. The summed E-state index contributed by atoms with van der Waals surface area (Å²) in [6.45, 7) is 4.20. The number of halogens is 3. The van der Waals surface area contributed by atoms with Crippen molar-refractivity contribution in [2.45, 2.75) is 37.9 Å². The largest absolute Gasteiger partial charge is 0.416 e. The molecule has 0 spiro atoms. The van der Waals surface area contributed by atoms with Crippen LogP contribution in [-0.2, 0) is 16.2 Å². The van der Waals surface area contributed by atoms with E-state index in [9.17, 15) is 21.6 Å². The molecule has 0 saturated heterocycles. The van der Waals surface area contributed by atoms with Crippen LogP contribution in [-0.4, -0.2) is 26.2 Å². The Labute approximate surface area is 122 Å². The number of sulfonamides is 1. The highest BCUT2D eigenvalue weighted by Gasteiger charge is 2.34. The third-order valence-electron chi connectivity index (χ3n) is 3.31. The Balaban J connectivity index is 3.16. The molecule has 0 aliphatic carbocycles. The van der Waals surface area contributed by atoms with Crippen molar-refractivity contribution in [3.63, 3.8) is 0 Å². The number of aliphatic hydroxyl groups is 1. The van der Waals surface area contributed by atoms with Crippen molar-refractivity contribution >= 4 is 10.0 Å². The number of hydrogen-bond acceptors (Lipinski definition) is 3. The fraction of sp³-hybridized carbons (Fsp3) is 0.538. The summed E-state index contributed by atoms with van der Waals surface area (Å²) in [6.07, 6.45) is -4.61. The molecule has 4 nitrogen and oxygen atoms in total. The van der Waals surface area contributed by atoms with E-state index in [-0.39, 0.29) is 18.1 Å². The van der Waals surface area contributed by atoms with Crippen molar-refractivity contribution in [2.24, 2.45) is 5.92 Å². The molecule has 2 atom stereocenters. The van der Waals surface area contributed by atoms with Gasteiger partial charge in [-0.05, 0) is 37.5 Å². The van der Waals surface area contributed by atoms with Crippen molar-refractivity contribution in [1.29, 1.82) is 0 Å². The molecule has 0 amide bonds. The molecule has 0 saturated carbocycles. The number of hydrogen-bond donors (Lipinski definition) is 2. The number of rotatable bonds is 5. The van der Waals surface area contributed by atoms with E-state index < -0.39 is 32.7 Å². The van der Waals surface area contributed by atoms with Gasteiger partial charge in [-0.15, -0.1) is 0 Å². The molecular weight excluding hydrogens is 307 g/mol. The maximum atomic E-state index is 12.8. The lowest BCUT2D eigenvalue weighted by molar-refractivity contribution is -0.138. The van der Waals surface area contributed by atoms with Crippen molar-refractivity contribution in [2.75, 3.05) is 6.61 Å². The van der Waals surface area contributed by atoms with E-state index in [1.54, 1.807) is 6.92 Å². The molecule has 8 heteroatoms. The molecule has 0 bridgehead atoms. The maximum Gasteiger partial charge on any atom is 0.416 e. The molecule has 0 aliphatic rings. The van der Waals surface area contributed by atoms with E-state index >= 15 is 0 Å². The van der Waals surface area contributed by atoms with Crippen LogP contribution in [0.1, 0.15) is 25.0 Å². The molecule has 1 aromatic rings. The van der Waals surface area contributed by atoms with Gasteiger partial charge in [0, 0.05) is 12.6 Å². The van der Waals surface area contributed by atoms with Gasteiger partial charge < -0.3 is 5.11 Å². The highest BCUT2D eigenvalue weighted by molar-refractivity contribution is 7.89. The minimum absolute atomic E-state index is 0.0433. The van der Waals surface area contributed by atoms with Gasteiger partial charge in [0.2, 0.25) is 10.0 Å². The Hall–Kier alpha value is -1.12. The van der Waals surface area contributed by atoms with Gasteiger partial charge in [0.1, 0.15) is 0 Å². The van der Waals surface area contributed by atoms with Crippen LogP contribution in [0.3, 0.4) is 0 Å². The van der Waals surface area contributed by atoms with E-state index in [1.165, 1.54) is 13.8 Å². The molecule has 2 N–H and O–H groups in total. The second-order valence-electron chi connectivity index (χ2n) is 5.04. The standard InChI is InChI=1S/C13H18F3NO3S/c1-8-4-5-11(6-12(8)13(14,15)16)21(19,20)17-10(3)9(2)7-18/h4-6,9-10,17-18H,7H2,1-3H3. The summed E-state index contributed by atoms with van der Waals surface area (Å²) in [4.78, 5) is -0.447. The van der Waals surface area contributed by atoms with E-state index in [0.29, 0.717) is 6.07 Å². The molecule has 0 fully saturated rings. The third kappa shape index (κ3) is 4.42. The number of nitrogens with one attached hydrogen (secondary N) is 1. The first-order valence-corrected chi connectivity index (χ1v) is 7.78. The van der Waals surface area contributed by atoms with Gasteiger partial charge >= 0.3 is 6.18 Å². The first-order valence-electron chi connectivity index (χ1n) is 6.30. The summed E-state index contributed by atoms with van der Waals surface area (Å²) >= 11 is 0. The number of aryl methyl sites for hydroxylation is 1. The minimum atomic E-state index is -4.61. The minimum Gasteiger partial charge on any atom is -0.396 e. The maximum absolute atomic E-state index is 12.8. The summed E-state index contributed by atoms with van der Waals surface area (Å²) in [5.41, 5.74) is -1.02. The zero-order valence-electron chi connectivity index (χ0n) is 11.9. The average molecular weight is 325 g/mol. The summed E-state index contributed by atoms with van der Waals surface area (Å²) in [6, 6.07) is 2.27. The molecule has 0 radical (unpaired) electrons. The molecule has 0 aromatic heterocycles. The van der Waals surface area contributed by atoms with Crippen LogP contribution in [0, 0.1) is 12.8 Å². The molecular formula is C13H18F3NO3S. The van der Waals surface area contributed by atoms with Gasteiger partial charge in [-0.25, -0.2) is 13.1 Å². The van der Waals surface area contributed by atoms with Crippen LogP contribution in [0.4, 0.5) is 13.2 Å². The molecule has 120 valence electrons. The quantitative estimate of drug-likeness (QED) is 0.873. The lowest BCUT2D eigenvalue weighted by Gasteiger charge is -2.20. The zero-order valence-corrected chi connectivity index (χ0v) is 12.7. The normalized spacial score (nSPS) is 15.8. The van der Waals surface area contributed by atoms with Crippen molar-refractivity contribution < 1.29 is 26.7 Å². The number of benzene rings is 1. The lowest BCUT2D eigenvalue weighted by Crippen LogP contribution is -2.38. The SMILES string of the molecule is Cc1ccc(S(=O)(=O)NC(C)C(C)CO)cc1C(F)(F)F. The summed E-state index contributed by atoms with van der Waals surface area (Å²) < 4.78 is 64.9. The molecule has 1 aromatic carbocycles. The predicted molar refractivity (Wildman–Crippen MR) is 72.2 cm³/mol. The molecule has 21 heavy (non-hydrogen) atoms. The van der Waals surface area contributed by atoms with Crippen LogP contribution in [0.15, 0.2) is 23.1 Å². The van der Waals surface area contributed by atoms with Crippen LogP contribution < -0.4 is 4.72 Å². The Morgan fingerprint density at radius 1 is 1.29 bits per heavy atom. The Morgan fingerprint density at radius 2 is 1.86 bits per heavy atom. The summed E-state index contributed by atoms with van der Waals surface area (Å²) in [5, 5.41) is 8.98. The fourth-order valence-corrected chi connectivity index (χ4v) is 3.04. The molecule has 1 rings (SSSR count). The fourth-order valence-electron chi connectivity index (χ4n) is 1.66. The third-order valence-corrected chi connectivity index (χ3v) is 4.86. The Morgan fingerprint density at radius 3 is 2.33 bits per heavy atom. The van der Waals surface area contributed by atoms with Gasteiger partial charge in [0.15, 0.2) is 0 Å². The lowest BCUT2D eigenvalue weighted by atomic mass is 10.1. The van der Waals surface area contributed by atoms with E-state index in [1.807, 2.05) is 0 Å². The second-order valence-corrected chi connectivity index (χ2v) is 6.76. The first-order chi connectivity index (χ1) is 9.49. The number of alkyl halides is 3. The van der Waals surface area contributed by atoms with Gasteiger partial charge in [-0.3, -0.25) is 0 Å². The van der Waals surface area contributed by atoms with E-state index in [0.717, 1.165) is 12.1 Å². The highest BCUT2D eigenvalue weighted by atomic mass is 32.2. The van der Waals surface area contributed by atoms with Gasteiger partial charge in [-0.2, -0.15) is 13.2 Å². The van der Waals surface area contributed by atoms with Crippen LogP contribution in [0.25, 0.3) is 0 Å². The van der Waals surface area contributed by atoms with Gasteiger partial charge in [0.05, 0.1) is 10.5 Å². The molecule has 0 heterocycles. The smallest absolute Gasteiger partial charge is 0.396 e. The Bertz CT molecular complexity index is 599. The van der Waals surface area contributed by atoms with E-state index in [4.69, 9.17) is 5.11 Å². The number of aliphatic hydroxyl groups excluding tert-OH is 1. The summed E-state index contributed by atoms with van der Waals surface area (Å²) in [5.74, 6) is -0.354.